The Balaban J connectivity index is 2.01. The lowest BCUT2D eigenvalue weighted by Crippen LogP contribution is -2.30. The fourth-order valence-electron chi connectivity index (χ4n) is 4.19. The lowest BCUT2D eigenvalue weighted by Gasteiger charge is -2.27. The number of carbonyl (C=O) groups is 2. The van der Waals surface area contributed by atoms with Crippen LogP contribution in [0.5, 0.6) is 11.5 Å². The van der Waals surface area contributed by atoms with Gasteiger partial charge in [-0.2, -0.15) is 0 Å². The van der Waals surface area contributed by atoms with E-state index in [-0.39, 0.29) is 16.9 Å². The van der Waals surface area contributed by atoms with Crippen molar-refractivity contribution in [3.05, 3.63) is 93.5 Å². The molecule has 0 saturated carbocycles. The van der Waals surface area contributed by atoms with E-state index in [0.717, 1.165) is 11.1 Å². The van der Waals surface area contributed by atoms with Gasteiger partial charge < -0.3 is 14.6 Å². The third kappa shape index (κ3) is 3.90. The third-order valence-electron chi connectivity index (χ3n) is 6.13. The molecule has 1 heterocycles. The Morgan fingerprint density at radius 1 is 0.971 bits per heavy atom. The second-order valence-corrected chi connectivity index (χ2v) is 8.44. The minimum absolute atomic E-state index is 0.0448. The highest BCUT2D eigenvalue weighted by Gasteiger charge is 2.47. The van der Waals surface area contributed by atoms with Gasteiger partial charge in [-0.05, 0) is 66.9 Å². The van der Waals surface area contributed by atoms with Crippen molar-refractivity contribution in [1.29, 1.82) is 0 Å². The lowest BCUT2D eigenvalue weighted by molar-refractivity contribution is -0.132. The molecule has 3 aromatic carbocycles. The summed E-state index contributed by atoms with van der Waals surface area (Å²) >= 11 is 6.17. The number of aliphatic hydroxyl groups is 1. The maximum absolute atomic E-state index is 13.4. The van der Waals surface area contributed by atoms with Crippen LogP contribution in [0.2, 0.25) is 5.02 Å². The van der Waals surface area contributed by atoms with Crippen LogP contribution in [0.15, 0.2) is 66.2 Å². The summed E-state index contributed by atoms with van der Waals surface area (Å²) in [6, 6.07) is 16.5. The average Bonchev–Trinajstić information content (AvgIpc) is 3.10. The molecular weight excluding hydrogens is 454 g/mol. The smallest absolute Gasteiger partial charge is 0.300 e. The fourth-order valence-corrected chi connectivity index (χ4v) is 4.36. The van der Waals surface area contributed by atoms with Crippen LogP contribution < -0.4 is 14.4 Å². The maximum atomic E-state index is 13.4. The zero-order valence-electron chi connectivity index (χ0n) is 19.3. The molecule has 1 atom stereocenters. The van der Waals surface area contributed by atoms with Crippen molar-refractivity contribution in [2.24, 2.45) is 0 Å². The van der Waals surface area contributed by atoms with Crippen molar-refractivity contribution < 1.29 is 24.2 Å². The highest BCUT2D eigenvalue weighted by Crippen LogP contribution is 2.44. The number of ketones is 1. The molecule has 0 radical (unpaired) electrons. The number of hydrogen-bond donors (Lipinski definition) is 1. The van der Waals surface area contributed by atoms with E-state index in [1.54, 1.807) is 49.6 Å². The normalized spacial score (nSPS) is 17.2. The van der Waals surface area contributed by atoms with Crippen LogP contribution in [0.3, 0.4) is 0 Å². The highest BCUT2D eigenvalue weighted by atomic mass is 35.5. The van der Waals surface area contributed by atoms with Crippen molar-refractivity contribution in [1.82, 2.24) is 0 Å². The van der Waals surface area contributed by atoms with E-state index in [2.05, 4.69) is 0 Å². The molecule has 1 unspecified atom stereocenters. The largest absolute Gasteiger partial charge is 0.507 e. The summed E-state index contributed by atoms with van der Waals surface area (Å²) in [7, 11) is 3.01. The van der Waals surface area contributed by atoms with Gasteiger partial charge in [0.05, 0.1) is 31.4 Å². The topological polar surface area (TPSA) is 76.1 Å². The van der Waals surface area contributed by atoms with Crippen molar-refractivity contribution in [2.75, 3.05) is 19.1 Å². The Labute approximate surface area is 203 Å². The second kappa shape index (κ2) is 9.23. The molecule has 3 aromatic rings. The fraction of sp³-hybridized carbons (Fsp3) is 0.185. The van der Waals surface area contributed by atoms with Crippen LogP contribution >= 0.6 is 11.6 Å². The van der Waals surface area contributed by atoms with E-state index in [1.165, 1.54) is 18.1 Å². The number of ether oxygens (including phenoxy) is 2. The molecule has 34 heavy (non-hydrogen) atoms. The predicted octanol–water partition coefficient (Wildman–Crippen LogP) is 5.60. The summed E-state index contributed by atoms with van der Waals surface area (Å²) < 4.78 is 10.6. The molecule has 0 aliphatic carbocycles. The van der Waals surface area contributed by atoms with Crippen LogP contribution in [-0.2, 0) is 9.59 Å². The number of aliphatic hydroxyl groups excluding tert-OH is 1. The number of anilines is 1. The first-order valence-corrected chi connectivity index (χ1v) is 11.0. The van der Waals surface area contributed by atoms with Crippen LogP contribution in [-0.4, -0.2) is 31.0 Å². The van der Waals surface area contributed by atoms with Gasteiger partial charge in [-0.3, -0.25) is 14.5 Å². The first-order chi connectivity index (χ1) is 16.3. The summed E-state index contributed by atoms with van der Waals surface area (Å²) in [6.45, 7) is 3.84. The number of nitrogens with zero attached hydrogens (tertiary/aromatic N) is 1. The standard InChI is InChI=1S/C27H24ClNO5/c1-15-6-5-7-21(16(15)2)29-24(17-8-11-19(33-3)12-9-17)23(26(31)27(29)32)25(30)20-14-18(28)10-13-22(20)34-4/h5-14,24,30H,1-4H3/b25-23+. The zero-order valence-corrected chi connectivity index (χ0v) is 20.0. The van der Waals surface area contributed by atoms with Gasteiger partial charge in [0.2, 0.25) is 0 Å². The van der Waals surface area contributed by atoms with Gasteiger partial charge in [0.1, 0.15) is 17.3 Å². The molecule has 1 amide bonds. The Kier molecular flexibility index (Phi) is 6.35. The molecule has 1 fully saturated rings. The molecule has 0 aromatic heterocycles. The molecule has 0 bridgehead atoms. The van der Waals surface area contributed by atoms with Gasteiger partial charge in [-0.15, -0.1) is 0 Å². The van der Waals surface area contributed by atoms with Crippen molar-refractivity contribution >= 4 is 34.7 Å². The SMILES string of the molecule is COc1ccc(C2/C(=C(\O)c3cc(Cl)ccc3OC)C(=O)C(=O)N2c2cccc(C)c2C)cc1. The molecule has 1 N–H and O–H groups in total. The van der Waals surface area contributed by atoms with Gasteiger partial charge in [0.15, 0.2) is 0 Å². The Morgan fingerprint density at radius 3 is 2.32 bits per heavy atom. The molecule has 174 valence electrons. The van der Waals surface area contributed by atoms with E-state index in [0.29, 0.717) is 27.8 Å². The van der Waals surface area contributed by atoms with Crippen LogP contribution in [0, 0.1) is 13.8 Å². The molecule has 1 aliphatic heterocycles. The summed E-state index contributed by atoms with van der Waals surface area (Å²) in [5, 5.41) is 11.7. The Hall–Kier alpha value is -3.77. The van der Waals surface area contributed by atoms with Gasteiger partial charge in [-0.25, -0.2) is 0 Å². The van der Waals surface area contributed by atoms with Crippen LogP contribution in [0.4, 0.5) is 5.69 Å². The number of benzene rings is 3. The van der Waals surface area contributed by atoms with Gasteiger partial charge >= 0.3 is 0 Å². The maximum Gasteiger partial charge on any atom is 0.300 e. The van der Waals surface area contributed by atoms with Crippen LogP contribution in [0.1, 0.15) is 28.3 Å². The molecule has 7 heteroatoms. The number of Topliss-reactive ketones (excluding diaryl/α,β-unsaturated/α-hetero) is 1. The number of hydrogen-bond acceptors (Lipinski definition) is 5. The zero-order chi connectivity index (χ0) is 24.6. The summed E-state index contributed by atoms with van der Waals surface area (Å²) in [5.74, 6) is -0.915. The quantitative estimate of drug-likeness (QED) is 0.294. The predicted molar refractivity (Wildman–Crippen MR) is 132 cm³/mol. The Morgan fingerprint density at radius 2 is 1.68 bits per heavy atom. The van der Waals surface area contributed by atoms with Crippen molar-refractivity contribution in [3.63, 3.8) is 0 Å². The number of aryl methyl sites for hydroxylation is 1. The van der Waals surface area contributed by atoms with E-state index < -0.39 is 17.7 Å². The Bertz CT molecular complexity index is 1310. The van der Waals surface area contributed by atoms with Crippen molar-refractivity contribution in [3.8, 4) is 11.5 Å². The van der Waals surface area contributed by atoms with Crippen molar-refractivity contribution in [2.45, 2.75) is 19.9 Å². The number of halogens is 1. The van der Waals surface area contributed by atoms with E-state index >= 15 is 0 Å². The van der Waals surface area contributed by atoms with Gasteiger partial charge in [0.25, 0.3) is 11.7 Å². The van der Waals surface area contributed by atoms with E-state index in [9.17, 15) is 14.7 Å². The number of carbonyl (C=O) groups excluding carboxylic acids is 2. The first-order valence-electron chi connectivity index (χ1n) is 10.6. The molecule has 1 saturated heterocycles. The third-order valence-corrected chi connectivity index (χ3v) is 6.36. The van der Waals surface area contributed by atoms with E-state index in [4.69, 9.17) is 21.1 Å². The second-order valence-electron chi connectivity index (χ2n) is 8.01. The highest BCUT2D eigenvalue weighted by molar-refractivity contribution is 6.52. The summed E-state index contributed by atoms with van der Waals surface area (Å²) in [4.78, 5) is 28.2. The minimum Gasteiger partial charge on any atom is -0.507 e. The molecule has 0 spiro atoms. The van der Waals surface area contributed by atoms with Crippen LogP contribution in [0.25, 0.3) is 5.76 Å². The lowest BCUT2D eigenvalue weighted by atomic mass is 9.94. The van der Waals surface area contributed by atoms with Gasteiger partial charge in [0, 0.05) is 10.7 Å². The number of rotatable bonds is 5. The monoisotopic (exact) mass is 477 g/mol. The van der Waals surface area contributed by atoms with Gasteiger partial charge in [-0.1, -0.05) is 35.9 Å². The summed E-state index contributed by atoms with van der Waals surface area (Å²) in [6.07, 6.45) is 0. The molecule has 4 rings (SSSR count). The number of amides is 1. The minimum atomic E-state index is -0.866. The summed E-state index contributed by atoms with van der Waals surface area (Å²) in [5.41, 5.74) is 3.26. The average molecular weight is 478 g/mol. The molecular formula is C27H24ClNO5. The number of methoxy groups -OCH3 is 2. The van der Waals surface area contributed by atoms with E-state index in [1.807, 2.05) is 26.0 Å². The molecule has 1 aliphatic rings. The molecule has 6 nitrogen and oxygen atoms in total. The first kappa shape index (κ1) is 23.4.